The highest BCUT2D eigenvalue weighted by molar-refractivity contribution is 5.54. The average molecular weight is 276 g/mol. The van der Waals surface area contributed by atoms with Gasteiger partial charge in [0.2, 0.25) is 0 Å². The number of hydrogen-bond donors (Lipinski definition) is 1. The van der Waals surface area contributed by atoms with Crippen molar-refractivity contribution in [1.29, 1.82) is 0 Å². The Morgan fingerprint density at radius 3 is 2.40 bits per heavy atom. The molecule has 2 nitrogen and oxygen atoms in total. The average Bonchev–Trinajstić information content (AvgIpc) is 2.43. The van der Waals surface area contributed by atoms with Gasteiger partial charge in [0.15, 0.2) is 0 Å². The minimum atomic E-state index is -0.270. The predicted molar refractivity (Wildman–Crippen MR) is 77.7 cm³/mol. The molecular weight excluding hydrogens is 258 g/mol. The third kappa shape index (κ3) is 3.14. The van der Waals surface area contributed by atoms with Gasteiger partial charge in [0.05, 0.1) is 0 Å². The summed E-state index contributed by atoms with van der Waals surface area (Å²) in [6, 6.07) is 11.5. The third-order valence-electron chi connectivity index (χ3n) is 3.27. The van der Waals surface area contributed by atoms with Gasteiger partial charge in [-0.1, -0.05) is 24.3 Å². The fraction of sp³-hybridized carbons (Fsp3) is 0.250. The van der Waals surface area contributed by atoms with E-state index in [9.17, 15) is 8.78 Å². The van der Waals surface area contributed by atoms with Crippen LogP contribution in [0, 0.1) is 11.6 Å². The van der Waals surface area contributed by atoms with Gasteiger partial charge in [0.1, 0.15) is 11.6 Å². The van der Waals surface area contributed by atoms with Crippen LogP contribution in [0.25, 0.3) is 0 Å². The number of anilines is 1. The van der Waals surface area contributed by atoms with E-state index < -0.39 is 0 Å². The van der Waals surface area contributed by atoms with Crippen molar-refractivity contribution in [2.24, 2.45) is 5.73 Å². The molecule has 0 amide bonds. The summed E-state index contributed by atoms with van der Waals surface area (Å²) < 4.78 is 27.5. The fourth-order valence-corrected chi connectivity index (χ4v) is 2.26. The first-order valence-electron chi connectivity index (χ1n) is 6.55. The molecule has 0 saturated carbocycles. The van der Waals surface area contributed by atoms with Gasteiger partial charge in [-0.05, 0) is 31.2 Å². The third-order valence-corrected chi connectivity index (χ3v) is 3.27. The van der Waals surface area contributed by atoms with Gasteiger partial charge in [0.25, 0.3) is 0 Å². The smallest absolute Gasteiger partial charge is 0.128 e. The van der Waals surface area contributed by atoms with E-state index in [1.165, 1.54) is 12.1 Å². The van der Waals surface area contributed by atoms with Crippen LogP contribution in [0.3, 0.4) is 0 Å². The maximum absolute atomic E-state index is 13.9. The molecule has 0 bridgehead atoms. The molecule has 2 aromatic carbocycles. The molecule has 0 aliphatic heterocycles. The Morgan fingerprint density at radius 2 is 1.70 bits per heavy atom. The van der Waals surface area contributed by atoms with E-state index in [1.807, 2.05) is 18.0 Å². The highest BCUT2D eigenvalue weighted by Crippen LogP contribution is 2.24. The van der Waals surface area contributed by atoms with Gasteiger partial charge >= 0.3 is 0 Å². The van der Waals surface area contributed by atoms with Crippen LogP contribution in [0.1, 0.15) is 11.1 Å². The lowest BCUT2D eigenvalue weighted by Crippen LogP contribution is -2.20. The molecule has 0 fully saturated rings. The molecule has 0 radical (unpaired) electrons. The zero-order valence-corrected chi connectivity index (χ0v) is 11.4. The molecule has 4 heteroatoms. The Labute approximate surface area is 117 Å². The van der Waals surface area contributed by atoms with Crippen LogP contribution in [0.15, 0.2) is 42.5 Å². The quantitative estimate of drug-likeness (QED) is 0.909. The van der Waals surface area contributed by atoms with Crippen LogP contribution < -0.4 is 10.6 Å². The largest absolute Gasteiger partial charge is 0.370 e. The van der Waals surface area contributed by atoms with Crippen molar-refractivity contribution < 1.29 is 8.78 Å². The topological polar surface area (TPSA) is 29.3 Å². The Hall–Kier alpha value is -1.94. The summed E-state index contributed by atoms with van der Waals surface area (Å²) in [5.74, 6) is -0.524. The van der Waals surface area contributed by atoms with Crippen molar-refractivity contribution in [3.63, 3.8) is 0 Å². The molecule has 20 heavy (non-hydrogen) atoms. The molecule has 0 aromatic heterocycles. The van der Waals surface area contributed by atoms with Gasteiger partial charge in [-0.15, -0.1) is 0 Å². The molecule has 0 saturated heterocycles. The lowest BCUT2D eigenvalue weighted by molar-refractivity contribution is 0.602. The van der Waals surface area contributed by atoms with Crippen molar-refractivity contribution in [3.05, 3.63) is 65.2 Å². The molecule has 0 aliphatic rings. The molecule has 0 heterocycles. The standard InChI is InChI=1S/C16H18F2N2/c1-20(11-12-5-2-3-6-14(12)17)16-8-4-7-15(18)13(16)9-10-19/h2-8H,9-11,19H2,1H3. The van der Waals surface area contributed by atoms with Gasteiger partial charge < -0.3 is 10.6 Å². The maximum atomic E-state index is 13.9. The van der Waals surface area contributed by atoms with E-state index >= 15 is 0 Å². The minimum absolute atomic E-state index is 0.254. The summed E-state index contributed by atoms with van der Waals surface area (Å²) in [6.45, 7) is 0.759. The van der Waals surface area contributed by atoms with Crippen LogP contribution in [0.5, 0.6) is 0 Å². The van der Waals surface area contributed by atoms with Crippen molar-refractivity contribution in [2.75, 3.05) is 18.5 Å². The van der Waals surface area contributed by atoms with Gasteiger partial charge in [0, 0.05) is 30.4 Å². The van der Waals surface area contributed by atoms with Crippen LogP contribution in [0.4, 0.5) is 14.5 Å². The number of nitrogens with zero attached hydrogens (tertiary/aromatic N) is 1. The minimum Gasteiger partial charge on any atom is -0.370 e. The van der Waals surface area contributed by atoms with E-state index in [4.69, 9.17) is 5.73 Å². The Bertz CT molecular complexity index is 584. The van der Waals surface area contributed by atoms with Crippen LogP contribution in [-0.2, 0) is 13.0 Å². The van der Waals surface area contributed by atoms with Crippen LogP contribution in [0.2, 0.25) is 0 Å². The second-order valence-electron chi connectivity index (χ2n) is 4.72. The molecule has 2 aromatic rings. The highest BCUT2D eigenvalue weighted by atomic mass is 19.1. The number of benzene rings is 2. The lowest BCUT2D eigenvalue weighted by Gasteiger charge is -2.23. The molecule has 2 N–H and O–H groups in total. The Morgan fingerprint density at radius 1 is 1.00 bits per heavy atom. The molecular formula is C16H18F2N2. The van der Waals surface area contributed by atoms with Crippen molar-refractivity contribution >= 4 is 5.69 Å². The van der Waals surface area contributed by atoms with E-state index in [0.717, 1.165) is 5.69 Å². The summed E-state index contributed by atoms with van der Waals surface area (Å²) in [5, 5.41) is 0. The second-order valence-corrected chi connectivity index (χ2v) is 4.72. The Balaban J connectivity index is 2.27. The summed E-state index contributed by atoms with van der Waals surface area (Å²) >= 11 is 0. The van der Waals surface area contributed by atoms with Crippen molar-refractivity contribution in [1.82, 2.24) is 0 Å². The number of nitrogens with two attached hydrogens (primary N) is 1. The first kappa shape index (κ1) is 14.5. The van der Waals surface area contributed by atoms with E-state index in [1.54, 1.807) is 24.3 Å². The van der Waals surface area contributed by atoms with Crippen molar-refractivity contribution in [2.45, 2.75) is 13.0 Å². The van der Waals surface area contributed by atoms with Crippen LogP contribution >= 0.6 is 0 Å². The predicted octanol–water partition coefficient (Wildman–Crippen LogP) is 3.10. The van der Waals surface area contributed by atoms with Gasteiger partial charge in [-0.25, -0.2) is 8.78 Å². The number of hydrogen-bond acceptors (Lipinski definition) is 2. The normalized spacial score (nSPS) is 10.6. The first-order chi connectivity index (χ1) is 9.63. The van der Waals surface area contributed by atoms with E-state index in [0.29, 0.717) is 30.6 Å². The van der Waals surface area contributed by atoms with E-state index in [-0.39, 0.29) is 11.6 Å². The van der Waals surface area contributed by atoms with Gasteiger partial charge in [-0.3, -0.25) is 0 Å². The molecule has 0 atom stereocenters. The SMILES string of the molecule is CN(Cc1ccccc1F)c1cccc(F)c1CCN. The Kier molecular flexibility index (Phi) is 4.69. The van der Waals surface area contributed by atoms with Gasteiger partial charge in [-0.2, -0.15) is 0 Å². The summed E-state index contributed by atoms with van der Waals surface area (Å²) in [5.41, 5.74) is 7.44. The summed E-state index contributed by atoms with van der Waals surface area (Å²) in [4.78, 5) is 1.84. The van der Waals surface area contributed by atoms with E-state index in [2.05, 4.69) is 0 Å². The number of halogens is 2. The molecule has 0 aliphatic carbocycles. The number of rotatable bonds is 5. The second kappa shape index (κ2) is 6.48. The lowest BCUT2D eigenvalue weighted by atomic mass is 10.1. The fourth-order valence-electron chi connectivity index (χ4n) is 2.26. The zero-order chi connectivity index (χ0) is 14.5. The molecule has 2 rings (SSSR count). The van der Waals surface area contributed by atoms with Crippen molar-refractivity contribution in [3.8, 4) is 0 Å². The maximum Gasteiger partial charge on any atom is 0.128 e. The zero-order valence-electron chi connectivity index (χ0n) is 11.4. The first-order valence-corrected chi connectivity index (χ1v) is 6.55. The summed E-state index contributed by atoms with van der Waals surface area (Å²) in [7, 11) is 1.82. The molecule has 106 valence electrons. The molecule has 0 spiro atoms. The molecule has 0 unspecified atom stereocenters. The van der Waals surface area contributed by atoms with Crippen LogP contribution in [-0.4, -0.2) is 13.6 Å². The highest BCUT2D eigenvalue weighted by Gasteiger charge is 2.13. The monoisotopic (exact) mass is 276 g/mol. The summed E-state index contributed by atoms with van der Waals surface area (Å²) in [6.07, 6.45) is 0.462.